The molecule has 0 aliphatic rings. The monoisotopic (exact) mass is 260 g/mol. The summed E-state index contributed by atoms with van der Waals surface area (Å²) in [6.07, 6.45) is 1.57. The van der Waals surface area contributed by atoms with Crippen molar-refractivity contribution < 1.29 is 4.52 Å². The summed E-state index contributed by atoms with van der Waals surface area (Å²) in [4.78, 5) is 8.49. The highest BCUT2D eigenvalue weighted by atomic mass is 32.1. The molecular formula is C12H12N4OS. The zero-order valence-electron chi connectivity index (χ0n) is 10.1. The number of aryl methyl sites for hydroxylation is 2. The van der Waals surface area contributed by atoms with Crippen LogP contribution < -0.4 is 5.32 Å². The highest BCUT2D eigenvalue weighted by molar-refractivity contribution is 7.17. The molecule has 0 aromatic carbocycles. The molecule has 0 saturated heterocycles. The van der Waals surface area contributed by atoms with Crippen LogP contribution in [0.25, 0.3) is 10.2 Å². The van der Waals surface area contributed by atoms with Crippen LogP contribution in [0.4, 0.5) is 5.82 Å². The predicted molar refractivity (Wildman–Crippen MR) is 70.7 cm³/mol. The van der Waals surface area contributed by atoms with E-state index in [0.717, 1.165) is 33.1 Å². The van der Waals surface area contributed by atoms with E-state index in [1.165, 1.54) is 0 Å². The van der Waals surface area contributed by atoms with Crippen molar-refractivity contribution in [3.8, 4) is 0 Å². The number of fused-ring (bicyclic) bond motifs is 1. The smallest absolute Gasteiger partial charge is 0.147 e. The van der Waals surface area contributed by atoms with Gasteiger partial charge in [0.25, 0.3) is 0 Å². The Labute approximate surface area is 108 Å². The topological polar surface area (TPSA) is 63.8 Å². The van der Waals surface area contributed by atoms with Gasteiger partial charge in [-0.25, -0.2) is 9.97 Å². The van der Waals surface area contributed by atoms with Crippen LogP contribution in [0, 0.1) is 13.8 Å². The van der Waals surface area contributed by atoms with Gasteiger partial charge in [-0.05, 0) is 25.3 Å². The average molecular weight is 260 g/mol. The van der Waals surface area contributed by atoms with Gasteiger partial charge in [0.15, 0.2) is 0 Å². The zero-order valence-corrected chi connectivity index (χ0v) is 10.9. The van der Waals surface area contributed by atoms with Crippen molar-refractivity contribution in [3.63, 3.8) is 0 Å². The van der Waals surface area contributed by atoms with Crippen molar-refractivity contribution in [1.29, 1.82) is 0 Å². The van der Waals surface area contributed by atoms with Crippen LogP contribution in [-0.4, -0.2) is 15.1 Å². The average Bonchev–Trinajstić information content (AvgIpc) is 2.95. The number of rotatable bonds is 3. The summed E-state index contributed by atoms with van der Waals surface area (Å²) in [7, 11) is 0. The van der Waals surface area contributed by atoms with E-state index in [0.29, 0.717) is 6.54 Å². The van der Waals surface area contributed by atoms with Crippen molar-refractivity contribution in [3.05, 3.63) is 34.8 Å². The van der Waals surface area contributed by atoms with Gasteiger partial charge in [-0.3, -0.25) is 0 Å². The third kappa shape index (κ3) is 1.84. The molecule has 3 aromatic heterocycles. The molecule has 3 aromatic rings. The molecule has 3 heterocycles. The molecule has 0 fully saturated rings. The van der Waals surface area contributed by atoms with Crippen LogP contribution in [-0.2, 0) is 6.54 Å². The minimum absolute atomic E-state index is 0.658. The maximum absolute atomic E-state index is 5.14. The molecule has 0 aliphatic heterocycles. The lowest BCUT2D eigenvalue weighted by molar-refractivity contribution is 0.392. The molecule has 1 N–H and O–H groups in total. The summed E-state index contributed by atoms with van der Waals surface area (Å²) in [5.74, 6) is 1.70. The lowest BCUT2D eigenvalue weighted by atomic mass is 10.2. The molecule has 0 amide bonds. The summed E-state index contributed by atoms with van der Waals surface area (Å²) < 4.78 is 6.21. The number of nitrogens with zero attached hydrogens (tertiary/aromatic N) is 3. The number of nitrogens with one attached hydrogen (secondary N) is 1. The van der Waals surface area contributed by atoms with Crippen LogP contribution >= 0.6 is 11.3 Å². The Hall–Kier alpha value is -1.95. The Balaban J connectivity index is 1.87. The van der Waals surface area contributed by atoms with Gasteiger partial charge >= 0.3 is 0 Å². The Morgan fingerprint density at radius 1 is 1.33 bits per heavy atom. The fraction of sp³-hybridized carbons (Fsp3) is 0.250. The fourth-order valence-electron chi connectivity index (χ4n) is 1.84. The van der Waals surface area contributed by atoms with E-state index in [4.69, 9.17) is 4.52 Å². The van der Waals surface area contributed by atoms with Crippen molar-refractivity contribution in [2.75, 3.05) is 5.32 Å². The van der Waals surface area contributed by atoms with E-state index in [1.807, 2.05) is 25.3 Å². The third-order valence-corrected chi connectivity index (χ3v) is 3.77. The Morgan fingerprint density at radius 2 is 2.22 bits per heavy atom. The molecular weight excluding hydrogens is 248 g/mol. The molecule has 0 radical (unpaired) electrons. The highest BCUT2D eigenvalue weighted by Gasteiger charge is 2.10. The molecule has 3 rings (SSSR count). The number of aromatic nitrogens is 3. The summed E-state index contributed by atoms with van der Waals surface area (Å²) in [5.41, 5.74) is 2.96. The standard InChI is InChI=1S/C12H12N4OS/c1-7-9(8(2)17-16-7)5-13-12-11-10(3-4-18-11)14-6-15-12/h3-4,6H,5H2,1-2H3,(H,13,14,15). The quantitative estimate of drug-likeness (QED) is 0.784. The van der Waals surface area contributed by atoms with Gasteiger partial charge < -0.3 is 9.84 Å². The van der Waals surface area contributed by atoms with Gasteiger partial charge in [0.1, 0.15) is 17.9 Å². The minimum atomic E-state index is 0.658. The minimum Gasteiger partial charge on any atom is -0.364 e. The first-order valence-corrected chi connectivity index (χ1v) is 6.47. The lowest BCUT2D eigenvalue weighted by Crippen LogP contribution is -2.03. The summed E-state index contributed by atoms with van der Waals surface area (Å²) in [6.45, 7) is 4.51. The summed E-state index contributed by atoms with van der Waals surface area (Å²) in [6, 6.07) is 1.99. The van der Waals surface area contributed by atoms with Crippen molar-refractivity contribution in [2.45, 2.75) is 20.4 Å². The number of thiophene rings is 1. The molecule has 0 spiro atoms. The third-order valence-electron chi connectivity index (χ3n) is 2.86. The van der Waals surface area contributed by atoms with E-state index in [-0.39, 0.29) is 0 Å². The van der Waals surface area contributed by atoms with Gasteiger partial charge in [-0.1, -0.05) is 5.16 Å². The van der Waals surface area contributed by atoms with E-state index in [1.54, 1.807) is 17.7 Å². The molecule has 0 atom stereocenters. The van der Waals surface area contributed by atoms with E-state index in [2.05, 4.69) is 20.4 Å². The van der Waals surface area contributed by atoms with Crippen molar-refractivity contribution >= 4 is 27.4 Å². The largest absolute Gasteiger partial charge is 0.364 e. The molecule has 0 saturated carbocycles. The van der Waals surface area contributed by atoms with Gasteiger partial charge in [0.2, 0.25) is 0 Å². The predicted octanol–water partition coefficient (Wildman–Crippen LogP) is 2.91. The summed E-state index contributed by atoms with van der Waals surface area (Å²) in [5, 5.41) is 9.27. The van der Waals surface area contributed by atoms with E-state index in [9.17, 15) is 0 Å². The highest BCUT2D eigenvalue weighted by Crippen LogP contribution is 2.25. The van der Waals surface area contributed by atoms with Crippen LogP contribution in [0.2, 0.25) is 0 Å². The molecule has 0 unspecified atom stereocenters. The van der Waals surface area contributed by atoms with Crippen molar-refractivity contribution in [1.82, 2.24) is 15.1 Å². The molecule has 5 nitrogen and oxygen atoms in total. The second-order valence-electron chi connectivity index (χ2n) is 4.01. The molecule has 0 bridgehead atoms. The Morgan fingerprint density at radius 3 is 3.00 bits per heavy atom. The zero-order chi connectivity index (χ0) is 12.5. The first-order chi connectivity index (χ1) is 8.75. The maximum atomic E-state index is 5.14. The normalized spacial score (nSPS) is 11.0. The fourth-order valence-corrected chi connectivity index (χ4v) is 2.65. The first kappa shape index (κ1) is 11.2. The number of hydrogen-bond donors (Lipinski definition) is 1. The second-order valence-corrected chi connectivity index (χ2v) is 4.93. The lowest BCUT2D eigenvalue weighted by Gasteiger charge is -2.05. The van der Waals surface area contributed by atoms with Crippen LogP contribution in [0.5, 0.6) is 0 Å². The second kappa shape index (κ2) is 4.38. The number of hydrogen-bond acceptors (Lipinski definition) is 6. The maximum Gasteiger partial charge on any atom is 0.147 e. The molecule has 92 valence electrons. The van der Waals surface area contributed by atoms with Crippen LogP contribution in [0.1, 0.15) is 17.0 Å². The van der Waals surface area contributed by atoms with Crippen molar-refractivity contribution in [2.24, 2.45) is 0 Å². The number of anilines is 1. The van der Waals surface area contributed by atoms with E-state index >= 15 is 0 Å². The Kier molecular flexibility index (Phi) is 2.71. The Bertz CT molecular complexity index is 669. The van der Waals surface area contributed by atoms with Crippen LogP contribution in [0.3, 0.4) is 0 Å². The van der Waals surface area contributed by atoms with Crippen LogP contribution in [0.15, 0.2) is 22.3 Å². The first-order valence-electron chi connectivity index (χ1n) is 5.59. The van der Waals surface area contributed by atoms with E-state index < -0.39 is 0 Å². The molecule has 6 heteroatoms. The van der Waals surface area contributed by atoms with Gasteiger partial charge in [0.05, 0.1) is 15.9 Å². The van der Waals surface area contributed by atoms with Gasteiger partial charge in [-0.2, -0.15) is 0 Å². The molecule has 0 aliphatic carbocycles. The SMILES string of the molecule is Cc1noc(C)c1CNc1ncnc2ccsc12. The van der Waals surface area contributed by atoms with Gasteiger partial charge in [0, 0.05) is 12.1 Å². The molecule has 18 heavy (non-hydrogen) atoms. The van der Waals surface area contributed by atoms with Gasteiger partial charge in [-0.15, -0.1) is 11.3 Å². The summed E-state index contributed by atoms with van der Waals surface area (Å²) >= 11 is 1.63.